The maximum Gasteiger partial charge on any atom is 0.182 e. The van der Waals surface area contributed by atoms with Crippen LogP contribution in [0.4, 0.5) is 0 Å². The van der Waals surface area contributed by atoms with Gasteiger partial charge in [-0.25, -0.2) is 4.21 Å². The van der Waals surface area contributed by atoms with Crippen LogP contribution in [0.15, 0.2) is 30.3 Å². The Labute approximate surface area is 90.2 Å². The molecule has 0 N–H and O–H groups in total. The third-order valence-electron chi connectivity index (χ3n) is 1.98. The van der Waals surface area contributed by atoms with Gasteiger partial charge in [-0.05, 0) is 24.5 Å². The summed E-state index contributed by atoms with van der Waals surface area (Å²) in [5.74, 6) is -0.202. The lowest BCUT2D eigenvalue weighted by Gasteiger charge is -2.17. The molecule has 0 spiro atoms. The second-order valence-electron chi connectivity index (χ2n) is 3.43. The van der Waals surface area contributed by atoms with Gasteiger partial charge in [0.05, 0.1) is 0 Å². The molecule has 0 saturated carbocycles. The van der Waals surface area contributed by atoms with Crippen molar-refractivity contribution < 1.29 is 9.00 Å². The van der Waals surface area contributed by atoms with Crippen molar-refractivity contribution in [2.45, 2.75) is 18.6 Å². The Morgan fingerprint density at radius 2 is 1.79 bits per heavy atom. The first kappa shape index (κ1) is 11.4. The predicted molar refractivity (Wildman–Crippen MR) is 58.8 cm³/mol. The van der Waals surface area contributed by atoms with Crippen LogP contribution in [0.1, 0.15) is 24.2 Å². The number of ketones is 1. The first-order valence-corrected chi connectivity index (χ1v) is 6.12. The molecular formula is C10H11ClO2S. The molecule has 1 atom stereocenters. The molecule has 1 aromatic carbocycles. The molecule has 0 bridgehead atoms. The van der Waals surface area contributed by atoms with E-state index in [1.54, 1.807) is 38.1 Å². The van der Waals surface area contributed by atoms with E-state index >= 15 is 0 Å². The van der Waals surface area contributed by atoms with Gasteiger partial charge in [0.1, 0.15) is 14.8 Å². The zero-order valence-corrected chi connectivity index (χ0v) is 9.56. The smallest absolute Gasteiger partial charge is 0.182 e. The van der Waals surface area contributed by atoms with E-state index in [0.29, 0.717) is 5.56 Å². The van der Waals surface area contributed by atoms with Gasteiger partial charge in [-0.3, -0.25) is 4.79 Å². The Kier molecular flexibility index (Phi) is 3.45. The van der Waals surface area contributed by atoms with E-state index in [9.17, 15) is 9.00 Å². The molecule has 0 aliphatic heterocycles. The second-order valence-corrected chi connectivity index (χ2v) is 5.74. The molecule has 1 unspecified atom stereocenters. The number of hydrogen-bond donors (Lipinski definition) is 0. The maximum atomic E-state index is 11.8. The molecule has 0 radical (unpaired) electrons. The lowest BCUT2D eigenvalue weighted by atomic mass is 10.0. The Hall–Kier alpha value is -0.670. The van der Waals surface area contributed by atoms with Crippen molar-refractivity contribution in [3.8, 4) is 0 Å². The molecule has 76 valence electrons. The van der Waals surface area contributed by atoms with Crippen LogP contribution in [0, 0.1) is 0 Å². The summed E-state index contributed by atoms with van der Waals surface area (Å²) in [7, 11) is 3.78. The Morgan fingerprint density at radius 1 is 1.29 bits per heavy atom. The van der Waals surface area contributed by atoms with Gasteiger partial charge in [0.2, 0.25) is 0 Å². The number of benzene rings is 1. The normalized spacial score (nSPS) is 13.6. The fourth-order valence-electron chi connectivity index (χ4n) is 1.01. The molecule has 0 aliphatic carbocycles. The molecule has 4 heteroatoms. The van der Waals surface area contributed by atoms with Crippen LogP contribution in [-0.4, -0.2) is 14.7 Å². The number of rotatable bonds is 3. The number of Topliss-reactive ketones (excluding diaryl/α,β-unsaturated/α-hetero) is 1. The van der Waals surface area contributed by atoms with E-state index < -0.39 is 14.8 Å². The molecule has 1 rings (SSSR count). The third-order valence-corrected chi connectivity index (χ3v) is 4.13. The van der Waals surface area contributed by atoms with Crippen LogP contribution in [0.5, 0.6) is 0 Å². The summed E-state index contributed by atoms with van der Waals surface area (Å²) in [6.45, 7) is 3.15. The van der Waals surface area contributed by atoms with Crippen LogP contribution < -0.4 is 0 Å². The van der Waals surface area contributed by atoms with Crippen LogP contribution in [0.3, 0.4) is 0 Å². The molecular weight excluding hydrogens is 220 g/mol. The minimum absolute atomic E-state index is 0.202. The molecule has 0 fully saturated rings. The van der Waals surface area contributed by atoms with E-state index in [1.165, 1.54) is 0 Å². The quantitative estimate of drug-likeness (QED) is 0.591. The minimum atomic E-state index is -1.68. The van der Waals surface area contributed by atoms with E-state index in [1.807, 2.05) is 6.07 Å². The summed E-state index contributed by atoms with van der Waals surface area (Å²) in [5, 5.41) is 0. The highest BCUT2D eigenvalue weighted by Gasteiger charge is 2.34. The van der Waals surface area contributed by atoms with Crippen molar-refractivity contribution in [2.75, 3.05) is 0 Å². The van der Waals surface area contributed by atoms with Crippen molar-refractivity contribution in [3.05, 3.63) is 35.9 Å². The molecule has 0 saturated heterocycles. The average Bonchev–Trinajstić information content (AvgIpc) is 2.17. The average molecular weight is 231 g/mol. The Morgan fingerprint density at radius 3 is 2.21 bits per heavy atom. The summed E-state index contributed by atoms with van der Waals surface area (Å²) in [6.07, 6.45) is 0. The zero-order valence-electron chi connectivity index (χ0n) is 7.99. The first-order chi connectivity index (χ1) is 6.46. The highest BCUT2D eigenvalue weighted by molar-refractivity contribution is 8.10. The minimum Gasteiger partial charge on any atom is -0.292 e. The van der Waals surface area contributed by atoms with E-state index in [-0.39, 0.29) is 5.78 Å². The molecule has 0 heterocycles. The standard InChI is InChI=1S/C10H11ClO2S/c1-10(2,14(11)13)9(12)8-6-4-3-5-7-8/h3-7H,1-2H3. The summed E-state index contributed by atoms with van der Waals surface area (Å²) in [6, 6.07) is 8.73. The number of hydrogen-bond acceptors (Lipinski definition) is 2. The van der Waals surface area contributed by atoms with Crippen LogP contribution in [0.2, 0.25) is 0 Å². The van der Waals surface area contributed by atoms with Crippen molar-refractivity contribution in [2.24, 2.45) is 0 Å². The van der Waals surface area contributed by atoms with Crippen molar-refractivity contribution in [3.63, 3.8) is 0 Å². The molecule has 14 heavy (non-hydrogen) atoms. The van der Waals surface area contributed by atoms with E-state index in [2.05, 4.69) is 0 Å². The van der Waals surface area contributed by atoms with Gasteiger partial charge in [0.15, 0.2) is 5.78 Å². The highest BCUT2D eigenvalue weighted by atomic mass is 35.7. The second kappa shape index (κ2) is 4.24. The predicted octanol–water partition coefficient (Wildman–Crippen LogP) is 2.55. The van der Waals surface area contributed by atoms with Crippen molar-refractivity contribution in [1.82, 2.24) is 0 Å². The van der Waals surface area contributed by atoms with Crippen molar-refractivity contribution in [1.29, 1.82) is 0 Å². The summed E-state index contributed by atoms with van der Waals surface area (Å²) < 4.78 is 10.1. The maximum absolute atomic E-state index is 11.8. The fourth-order valence-corrected chi connectivity index (χ4v) is 1.48. The highest BCUT2D eigenvalue weighted by Crippen LogP contribution is 2.21. The number of halogens is 1. The van der Waals surface area contributed by atoms with E-state index in [0.717, 1.165) is 0 Å². The summed E-state index contributed by atoms with van der Waals surface area (Å²) in [4.78, 5) is 11.8. The fraction of sp³-hybridized carbons (Fsp3) is 0.300. The lowest BCUT2D eigenvalue weighted by molar-refractivity contribution is 0.0956. The van der Waals surface area contributed by atoms with Crippen molar-refractivity contribution >= 4 is 26.5 Å². The SMILES string of the molecule is CC(C)(C(=O)c1ccccc1)S(=O)Cl. The summed E-state index contributed by atoms with van der Waals surface area (Å²) >= 11 is 0. The van der Waals surface area contributed by atoms with Crippen LogP contribution in [-0.2, 0) is 10.0 Å². The molecule has 0 amide bonds. The molecule has 2 nitrogen and oxygen atoms in total. The van der Waals surface area contributed by atoms with Gasteiger partial charge in [0, 0.05) is 5.56 Å². The lowest BCUT2D eigenvalue weighted by Crippen LogP contribution is -2.34. The molecule has 1 aromatic rings. The summed E-state index contributed by atoms with van der Waals surface area (Å²) in [5.41, 5.74) is 0.534. The van der Waals surface area contributed by atoms with Gasteiger partial charge in [0.25, 0.3) is 0 Å². The molecule has 0 aromatic heterocycles. The van der Waals surface area contributed by atoms with Gasteiger partial charge in [-0.1, -0.05) is 30.3 Å². The van der Waals surface area contributed by atoms with Gasteiger partial charge in [-0.15, -0.1) is 0 Å². The Balaban J connectivity index is 3.03. The largest absolute Gasteiger partial charge is 0.292 e. The zero-order chi connectivity index (χ0) is 10.8. The van der Waals surface area contributed by atoms with Gasteiger partial charge >= 0.3 is 0 Å². The number of carbonyl (C=O) groups excluding carboxylic acids is 1. The van der Waals surface area contributed by atoms with E-state index in [4.69, 9.17) is 10.7 Å². The monoisotopic (exact) mass is 230 g/mol. The topological polar surface area (TPSA) is 34.1 Å². The van der Waals surface area contributed by atoms with Crippen LogP contribution in [0.25, 0.3) is 0 Å². The first-order valence-electron chi connectivity index (χ1n) is 4.14. The molecule has 0 aliphatic rings. The van der Waals surface area contributed by atoms with Gasteiger partial charge in [-0.2, -0.15) is 0 Å². The number of carbonyl (C=O) groups is 1. The van der Waals surface area contributed by atoms with Crippen LogP contribution >= 0.6 is 10.7 Å². The third kappa shape index (κ3) is 2.22. The Bertz CT molecular complexity index is 360. The van der Waals surface area contributed by atoms with Gasteiger partial charge < -0.3 is 0 Å².